The third-order valence-electron chi connectivity index (χ3n) is 5.86. The molecule has 7 heteroatoms. The lowest BCUT2D eigenvalue weighted by molar-refractivity contribution is 0.0755. The first-order valence-electron chi connectivity index (χ1n) is 11.2. The van der Waals surface area contributed by atoms with Crippen molar-refractivity contribution in [2.45, 2.75) is 19.1 Å². The van der Waals surface area contributed by atoms with Crippen LogP contribution in [0.5, 0.6) is 5.75 Å². The van der Waals surface area contributed by atoms with Crippen LogP contribution in [0.15, 0.2) is 66.9 Å². The zero-order chi connectivity index (χ0) is 23.2. The Kier molecular flexibility index (Phi) is 7.47. The normalized spacial score (nSPS) is 14.6. The van der Waals surface area contributed by atoms with Crippen LogP contribution < -0.4 is 15.0 Å². The molecule has 2 aromatic carbocycles. The number of nitrogens with zero attached hydrogens (tertiary/aromatic N) is 3. The van der Waals surface area contributed by atoms with Crippen LogP contribution >= 0.6 is 11.6 Å². The van der Waals surface area contributed by atoms with Gasteiger partial charge in [0, 0.05) is 44.3 Å². The van der Waals surface area contributed by atoms with Crippen LogP contribution in [0.1, 0.15) is 34.0 Å². The Hall–Kier alpha value is -3.09. The molecule has 0 aliphatic carbocycles. The Labute approximate surface area is 200 Å². The van der Waals surface area contributed by atoms with Gasteiger partial charge < -0.3 is 19.9 Å². The predicted octanol–water partition coefficient (Wildman–Crippen LogP) is 4.56. The van der Waals surface area contributed by atoms with Crippen LogP contribution in [-0.2, 0) is 6.54 Å². The number of anilines is 1. The van der Waals surface area contributed by atoms with Gasteiger partial charge in [-0.2, -0.15) is 0 Å². The van der Waals surface area contributed by atoms with Gasteiger partial charge in [-0.15, -0.1) is 0 Å². The molecule has 2 heterocycles. The molecule has 0 fully saturated rings. The first-order chi connectivity index (χ1) is 16.1. The first kappa shape index (κ1) is 23.1. The number of likely N-dealkylation sites (N-methyl/N-ethyl adjacent to an activating group) is 1. The van der Waals surface area contributed by atoms with E-state index in [4.69, 9.17) is 16.3 Å². The van der Waals surface area contributed by atoms with Gasteiger partial charge in [0.05, 0.1) is 5.56 Å². The summed E-state index contributed by atoms with van der Waals surface area (Å²) in [6.07, 6.45) is 2.48. The second kappa shape index (κ2) is 10.7. The molecule has 1 aliphatic rings. The van der Waals surface area contributed by atoms with E-state index in [1.165, 1.54) is 0 Å². The molecule has 1 aromatic heterocycles. The molecule has 1 amide bonds. The van der Waals surface area contributed by atoms with Crippen LogP contribution in [0.4, 0.5) is 5.82 Å². The standard InChI is InChI=1S/C26H29ClN4O2/c1-28-14-12-24(19-7-4-3-5-8-19)33-21-11-10-20(23(27)17-21)18-31-16-15-30(2)25-22(26(31)32)9-6-13-29-25/h3-11,13,17,24,28H,12,14-16,18H2,1-2H3/t24-/m0/s1. The smallest absolute Gasteiger partial charge is 0.257 e. The number of hydrogen-bond donors (Lipinski definition) is 1. The molecule has 0 spiro atoms. The lowest BCUT2D eigenvalue weighted by Gasteiger charge is -2.23. The summed E-state index contributed by atoms with van der Waals surface area (Å²) in [6, 6.07) is 19.5. The van der Waals surface area contributed by atoms with Gasteiger partial charge >= 0.3 is 0 Å². The van der Waals surface area contributed by atoms with Gasteiger partial charge in [-0.1, -0.05) is 48.0 Å². The maximum atomic E-state index is 13.2. The lowest BCUT2D eigenvalue weighted by atomic mass is 10.1. The highest BCUT2D eigenvalue weighted by atomic mass is 35.5. The number of ether oxygens (including phenoxy) is 1. The minimum Gasteiger partial charge on any atom is -0.486 e. The van der Waals surface area contributed by atoms with Gasteiger partial charge in [-0.05, 0) is 49.0 Å². The molecule has 6 nitrogen and oxygen atoms in total. The van der Waals surface area contributed by atoms with Gasteiger partial charge in [0.1, 0.15) is 17.7 Å². The van der Waals surface area contributed by atoms with Crippen molar-refractivity contribution in [2.24, 2.45) is 0 Å². The van der Waals surface area contributed by atoms with Crippen molar-refractivity contribution in [3.8, 4) is 5.75 Å². The highest BCUT2D eigenvalue weighted by Crippen LogP contribution is 2.30. The Morgan fingerprint density at radius 2 is 1.94 bits per heavy atom. The molecule has 0 saturated heterocycles. The van der Waals surface area contributed by atoms with Crippen molar-refractivity contribution >= 4 is 23.3 Å². The fourth-order valence-electron chi connectivity index (χ4n) is 4.00. The molecule has 1 atom stereocenters. The molecule has 0 radical (unpaired) electrons. The van der Waals surface area contributed by atoms with E-state index >= 15 is 0 Å². The summed E-state index contributed by atoms with van der Waals surface area (Å²) in [5.74, 6) is 1.40. The molecule has 3 aromatic rings. The fourth-order valence-corrected chi connectivity index (χ4v) is 4.23. The van der Waals surface area contributed by atoms with Crippen LogP contribution in [0.25, 0.3) is 0 Å². The van der Waals surface area contributed by atoms with Crippen molar-refractivity contribution in [3.05, 3.63) is 88.6 Å². The molecule has 0 bridgehead atoms. The van der Waals surface area contributed by atoms with Crippen LogP contribution in [0, 0.1) is 0 Å². The number of carbonyl (C=O) groups is 1. The summed E-state index contributed by atoms with van der Waals surface area (Å²) in [6.45, 7) is 2.58. The molecular weight excluding hydrogens is 436 g/mol. The van der Waals surface area contributed by atoms with Crippen molar-refractivity contribution in [2.75, 3.05) is 38.6 Å². The number of benzene rings is 2. The van der Waals surface area contributed by atoms with Gasteiger partial charge in [-0.25, -0.2) is 4.98 Å². The van der Waals surface area contributed by atoms with Gasteiger partial charge in [0.2, 0.25) is 0 Å². The molecule has 4 rings (SSSR count). The van der Waals surface area contributed by atoms with Crippen LogP contribution in [-0.4, -0.2) is 49.5 Å². The summed E-state index contributed by atoms with van der Waals surface area (Å²) in [5.41, 5.74) is 2.63. The molecule has 33 heavy (non-hydrogen) atoms. The summed E-state index contributed by atoms with van der Waals surface area (Å²) in [7, 11) is 3.89. The van der Waals surface area contributed by atoms with Gasteiger partial charge in [0.15, 0.2) is 0 Å². The van der Waals surface area contributed by atoms with E-state index in [1.54, 1.807) is 12.3 Å². The quantitative estimate of drug-likeness (QED) is 0.529. The van der Waals surface area contributed by atoms with E-state index in [9.17, 15) is 4.79 Å². The minimum absolute atomic E-state index is 0.0324. The molecule has 0 saturated carbocycles. The number of nitrogens with one attached hydrogen (secondary N) is 1. The number of halogens is 1. The lowest BCUT2D eigenvalue weighted by Crippen LogP contribution is -2.33. The zero-order valence-corrected chi connectivity index (χ0v) is 19.8. The summed E-state index contributed by atoms with van der Waals surface area (Å²) in [4.78, 5) is 21.4. The number of hydrogen-bond acceptors (Lipinski definition) is 5. The Bertz CT molecular complexity index is 1090. The molecule has 0 unspecified atom stereocenters. The third-order valence-corrected chi connectivity index (χ3v) is 6.22. The van der Waals surface area contributed by atoms with Crippen LogP contribution in [0.2, 0.25) is 5.02 Å². The van der Waals surface area contributed by atoms with Gasteiger partial charge in [0.25, 0.3) is 5.91 Å². The molecule has 172 valence electrons. The zero-order valence-electron chi connectivity index (χ0n) is 19.0. The molecule has 1 aliphatic heterocycles. The maximum Gasteiger partial charge on any atom is 0.257 e. The molecular formula is C26H29ClN4O2. The number of carbonyl (C=O) groups excluding carboxylic acids is 1. The van der Waals surface area contributed by atoms with Crippen molar-refractivity contribution < 1.29 is 9.53 Å². The van der Waals surface area contributed by atoms with Crippen molar-refractivity contribution in [3.63, 3.8) is 0 Å². The number of aromatic nitrogens is 1. The van der Waals surface area contributed by atoms with E-state index in [0.717, 1.165) is 24.1 Å². The van der Waals surface area contributed by atoms with Gasteiger partial charge in [-0.3, -0.25) is 4.79 Å². The topological polar surface area (TPSA) is 57.7 Å². The van der Waals surface area contributed by atoms with E-state index in [2.05, 4.69) is 22.4 Å². The second-order valence-corrected chi connectivity index (χ2v) is 8.59. The fraction of sp³-hybridized carbons (Fsp3) is 0.308. The minimum atomic E-state index is -0.0766. The number of pyridine rings is 1. The van der Waals surface area contributed by atoms with Crippen molar-refractivity contribution in [1.82, 2.24) is 15.2 Å². The Balaban J connectivity index is 1.50. The largest absolute Gasteiger partial charge is 0.486 e. The average molecular weight is 465 g/mol. The van der Waals surface area contributed by atoms with E-state index in [1.807, 2.05) is 66.4 Å². The van der Waals surface area contributed by atoms with Crippen molar-refractivity contribution in [1.29, 1.82) is 0 Å². The monoisotopic (exact) mass is 464 g/mol. The highest BCUT2D eigenvalue weighted by molar-refractivity contribution is 6.31. The SMILES string of the molecule is CNCC[C@H](Oc1ccc(CN2CCN(C)c3ncccc3C2=O)c(Cl)c1)c1ccccc1. The Morgan fingerprint density at radius 1 is 1.12 bits per heavy atom. The summed E-state index contributed by atoms with van der Waals surface area (Å²) in [5, 5.41) is 3.78. The number of fused-ring (bicyclic) bond motifs is 1. The number of rotatable bonds is 8. The van der Waals surface area contributed by atoms with E-state index in [-0.39, 0.29) is 12.0 Å². The summed E-state index contributed by atoms with van der Waals surface area (Å²) >= 11 is 6.65. The Morgan fingerprint density at radius 3 is 2.70 bits per heavy atom. The summed E-state index contributed by atoms with van der Waals surface area (Å²) < 4.78 is 6.31. The highest BCUT2D eigenvalue weighted by Gasteiger charge is 2.26. The first-order valence-corrected chi connectivity index (χ1v) is 11.5. The van der Waals surface area contributed by atoms with Crippen LogP contribution in [0.3, 0.4) is 0 Å². The second-order valence-electron chi connectivity index (χ2n) is 8.19. The average Bonchev–Trinajstić information content (AvgIpc) is 2.96. The predicted molar refractivity (Wildman–Crippen MR) is 132 cm³/mol. The number of amides is 1. The van der Waals surface area contributed by atoms with E-state index < -0.39 is 0 Å². The van der Waals surface area contributed by atoms with E-state index in [0.29, 0.717) is 41.8 Å². The molecule has 1 N–H and O–H groups in total. The maximum absolute atomic E-state index is 13.2. The third kappa shape index (κ3) is 5.46.